The van der Waals surface area contributed by atoms with E-state index in [1.54, 1.807) is 40.5 Å². The fourth-order valence-electron chi connectivity index (χ4n) is 3.31. The second-order valence-electron chi connectivity index (χ2n) is 6.52. The highest BCUT2D eigenvalue weighted by atomic mass is 32.2. The second-order valence-corrected chi connectivity index (χ2v) is 9.44. The summed E-state index contributed by atoms with van der Waals surface area (Å²) >= 11 is 1.69. The first-order valence-electron chi connectivity index (χ1n) is 8.40. The Bertz CT molecular complexity index is 879. The van der Waals surface area contributed by atoms with E-state index in [9.17, 15) is 8.42 Å². The van der Waals surface area contributed by atoms with Gasteiger partial charge in [-0.1, -0.05) is 11.8 Å². The van der Waals surface area contributed by atoms with Gasteiger partial charge in [0.05, 0.1) is 11.5 Å². The molecular weight excluding hydrogens is 358 g/mol. The summed E-state index contributed by atoms with van der Waals surface area (Å²) in [5.74, 6) is 2.05. The Morgan fingerprint density at radius 1 is 1.40 bits per heavy atom. The zero-order valence-corrected chi connectivity index (χ0v) is 15.7. The molecule has 1 aromatic carbocycles. The van der Waals surface area contributed by atoms with E-state index in [1.165, 1.54) is 0 Å². The van der Waals surface area contributed by atoms with E-state index in [-0.39, 0.29) is 0 Å². The summed E-state index contributed by atoms with van der Waals surface area (Å²) in [6, 6.07) is 5.21. The van der Waals surface area contributed by atoms with Crippen LogP contribution >= 0.6 is 11.8 Å². The van der Waals surface area contributed by atoms with E-state index in [0.717, 1.165) is 35.1 Å². The van der Waals surface area contributed by atoms with Crippen molar-refractivity contribution in [3.8, 4) is 5.75 Å². The Kier molecular flexibility index (Phi) is 4.51. The number of imidazole rings is 1. The molecule has 4 rings (SSSR count). The standard InChI is InChI=1S/C17H21N3O3S2/c1-19-8-6-18-17(19)24-12-13-4-7-20(11-13)25(21,22)15-2-3-16-14(10-15)5-9-23-16/h2-3,6,8,10,13H,4-5,7,9,11-12H2,1H3. The molecular formula is C17H21N3O3S2. The molecule has 3 heterocycles. The van der Waals surface area contributed by atoms with E-state index < -0.39 is 10.0 Å². The molecule has 0 spiro atoms. The molecule has 0 radical (unpaired) electrons. The van der Waals surface area contributed by atoms with Crippen LogP contribution in [0.5, 0.6) is 5.75 Å². The van der Waals surface area contributed by atoms with Crippen LogP contribution in [0, 0.1) is 5.92 Å². The monoisotopic (exact) mass is 379 g/mol. The van der Waals surface area contributed by atoms with Crippen LogP contribution in [0.25, 0.3) is 0 Å². The van der Waals surface area contributed by atoms with Crippen molar-refractivity contribution < 1.29 is 13.2 Å². The van der Waals surface area contributed by atoms with Gasteiger partial charge in [0.2, 0.25) is 10.0 Å². The number of aromatic nitrogens is 2. The van der Waals surface area contributed by atoms with Crippen LogP contribution in [-0.2, 0) is 23.5 Å². The van der Waals surface area contributed by atoms with Crippen molar-refractivity contribution in [3.05, 3.63) is 36.2 Å². The molecule has 1 atom stereocenters. The number of sulfonamides is 1. The third-order valence-corrected chi connectivity index (χ3v) is 7.92. The van der Waals surface area contributed by atoms with E-state index in [2.05, 4.69) is 4.98 Å². The molecule has 0 amide bonds. The van der Waals surface area contributed by atoms with Crippen LogP contribution in [-0.4, -0.2) is 47.7 Å². The highest BCUT2D eigenvalue weighted by molar-refractivity contribution is 7.99. The van der Waals surface area contributed by atoms with E-state index in [0.29, 0.717) is 30.5 Å². The predicted molar refractivity (Wildman–Crippen MR) is 96.4 cm³/mol. The summed E-state index contributed by atoms with van der Waals surface area (Å²) < 4.78 is 34.9. The first-order chi connectivity index (χ1) is 12.0. The number of hydrogen-bond donors (Lipinski definition) is 0. The molecule has 8 heteroatoms. The Hall–Kier alpha value is -1.51. The zero-order valence-electron chi connectivity index (χ0n) is 14.1. The van der Waals surface area contributed by atoms with Gasteiger partial charge in [-0.05, 0) is 36.1 Å². The van der Waals surface area contributed by atoms with Crippen molar-refractivity contribution in [1.82, 2.24) is 13.9 Å². The minimum atomic E-state index is -3.43. The van der Waals surface area contributed by atoms with E-state index >= 15 is 0 Å². The molecule has 0 N–H and O–H groups in total. The van der Waals surface area contributed by atoms with E-state index in [4.69, 9.17) is 4.74 Å². The van der Waals surface area contributed by atoms with Crippen LogP contribution in [0.1, 0.15) is 12.0 Å². The lowest BCUT2D eigenvalue weighted by molar-refractivity contribution is 0.356. The number of ether oxygens (including phenoxy) is 1. The molecule has 1 saturated heterocycles. The molecule has 2 aliphatic heterocycles. The average molecular weight is 380 g/mol. The van der Waals surface area contributed by atoms with Gasteiger partial charge < -0.3 is 9.30 Å². The van der Waals surface area contributed by atoms with Crippen molar-refractivity contribution >= 4 is 21.8 Å². The van der Waals surface area contributed by atoms with Gasteiger partial charge in [-0.3, -0.25) is 0 Å². The van der Waals surface area contributed by atoms with Gasteiger partial charge in [-0.15, -0.1) is 0 Å². The van der Waals surface area contributed by atoms with Crippen molar-refractivity contribution in [3.63, 3.8) is 0 Å². The van der Waals surface area contributed by atoms with Crippen molar-refractivity contribution in [2.45, 2.75) is 22.9 Å². The topological polar surface area (TPSA) is 64.4 Å². The number of thioether (sulfide) groups is 1. The van der Waals surface area contributed by atoms with Crippen molar-refractivity contribution in [2.75, 3.05) is 25.4 Å². The molecule has 6 nitrogen and oxygen atoms in total. The molecule has 25 heavy (non-hydrogen) atoms. The lowest BCUT2D eigenvalue weighted by Gasteiger charge is -2.17. The number of hydrogen-bond acceptors (Lipinski definition) is 5. The number of benzene rings is 1. The molecule has 1 fully saturated rings. The molecule has 1 aromatic heterocycles. The molecule has 2 aromatic rings. The van der Waals surface area contributed by atoms with Crippen molar-refractivity contribution in [1.29, 1.82) is 0 Å². The Morgan fingerprint density at radius 2 is 2.28 bits per heavy atom. The van der Waals surface area contributed by atoms with Gasteiger partial charge in [-0.2, -0.15) is 4.31 Å². The maximum Gasteiger partial charge on any atom is 0.243 e. The van der Waals surface area contributed by atoms with Gasteiger partial charge in [0.25, 0.3) is 0 Å². The first-order valence-corrected chi connectivity index (χ1v) is 10.8. The summed E-state index contributed by atoms with van der Waals surface area (Å²) in [7, 11) is -1.46. The van der Waals surface area contributed by atoms with Crippen LogP contribution in [0.2, 0.25) is 0 Å². The summed E-state index contributed by atoms with van der Waals surface area (Å²) in [6.45, 7) is 1.80. The number of nitrogens with zero attached hydrogens (tertiary/aromatic N) is 3. The first kappa shape index (κ1) is 16.9. The van der Waals surface area contributed by atoms with Crippen LogP contribution in [0.15, 0.2) is 40.6 Å². The minimum absolute atomic E-state index is 0.356. The van der Waals surface area contributed by atoms with Gasteiger partial charge in [0.1, 0.15) is 5.75 Å². The molecule has 134 valence electrons. The summed E-state index contributed by atoms with van der Waals surface area (Å²) in [4.78, 5) is 4.69. The SMILES string of the molecule is Cn1ccnc1SCC1CCN(S(=O)(=O)c2ccc3c(c2)CCO3)C1. The maximum absolute atomic E-state index is 12.9. The summed E-state index contributed by atoms with van der Waals surface area (Å²) in [6.07, 6.45) is 5.38. The molecule has 2 aliphatic rings. The second kappa shape index (κ2) is 6.66. The Labute approximate surface area is 152 Å². The molecule has 0 bridgehead atoms. The highest BCUT2D eigenvalue weighted by Crippen LogP contribution is 2.32. The van der Waals surface area contributed by atoms with Crippen LogP contribution < -0.4 is 4.74 Å². The fraction of sp³-hybridized carbons (Fsp3) is 0.471. The lowest BCUT2D eigenvalue weighted by atomic mass is 10.2. The lowest BCUT2D eigenvalue weighted by Crippen LogP contribution is -2.29. The average Bonchev–Trinajstić information content (AvgIpc) is 3.33. The quantitative estimate of drug-likeness (QED) is 0.745. The highest BCUT2D eigenvalue weighted by Gasteiger charge is 2.33. The Balaban J connectivity index is 1.42. The third kappa shape index (κ3) is 3.30. The van der Waals surface area contributed by atoms with Gasteiger partial charge in [0, 0.05) is 44.7 Å². The molecule has 1 unspecified atom stereocenters. The van der Waals surface area contributed by atoms with Crippen LogP contribution in [0.3, 0.4) is 0 Å². The number of fused-ring (bicyclic) bond motifs is 1. The van der Waals surface area contributed by atoms with Crippen molar-refractivity contribution in [2.24, 2.45) is 13.0 Å². The van der Waals surface area contributed by atoms with Crippen LogP contribution in [0.4, 0.5) is 0 Å². The molecule has 0 saturated carbocycles. The van der Waals surface area contributed by atoms with Gasteiger partial charge in [-0.25, -0.2) is 13.4 Å². The summed E-state index contributed by atoms with van der Waals surface area (Å²) in [5, 5.41) is 0.972. The predicted octanol–water partition coefficient (Wildman–Crippen LogP) is 2.16. The number of aryl methyl sites for hydroxylation is 1. The normalized spacial score (nSPS) is 20.6. The van der Waals surface area contributed by atoms with Gasteiger partial charge >= 0.3 is 0 Å². The largest absolute Gasteiger partial charge is 0.493 e. The minimum Gasteiger partial charge on any atom is -0.493 e. The van der Waals surface area contributed by atoms with E-state index in [1.807, 2.05) is 17.8 Å². The molecule has 0 aliphatic carbocycles. The third-order valence-electron chi connectivity index (χ3n) is 4.77. The zero-order chi connectivity index (χ0) is 17.4. The van der Waals surface area contributed by atoms with Gasteiger partial charge in [0.15, 0.2) is 5.16 Å². The Morgan fingerprint density at radius 3 is 3.08 bits per heavy atom. The fourth-order valence-corrected chi connectivity index (χ4v) is 5.95. The maximum atomic E-state index is 12.9. The number of rotatable bonds is 5. The smallest absolute Gasteiger partial charge is 0.243 e. The summed E-state index contributed by atoms with van der Waals surface area (Å²) in [5.41, 5.74) is 0.988.